The van der Waals surface area contributed by atoms with Gasteiger partial charge in [-0.3, -0.25) is 4.79 Å². The van der Waals surface area contributed by atoms with E-state index in [1.807, 2.05) is 0 Å². The van der Waals surface area contributed by atoms with Crippen LogP contribution in [-0.2, 0) is 14.3 Å². The van der Waals surface area contributed by atoms with Crippen LogP contribution in [0, 0.1) is 5.92 Å². The van der Waals surface area contributed by atoms with E-state index in [1.165, 1.54) is 0 Å². The van der Waals surface area contributed by atoms with Crippen molar-refractivity contribution in [2.75, 3.05) is 13.1 Å². The van der Waals surface area contributed by atoms with E-state index in [1.54, 1.807) is 6.92 Å². The Bertz CT molecular complexity index is 270. The summed E-state index contributed by atoms with van der Waals surface area (Å²) in [4.78, 5) is 22.0. The highest BCUT2D eigenvalue weighted by molar-refractivity contribution is 5.78. The summed E-state index contributed by atoms with van der Waals surface area (Å²) in [5, 5.41) is 11.4. The van der Waals surface area contributed by atoms with Gasteiger partial charge in [-0.25, -0.2) is 4.79 Å². The van der Waals surface area contributed by atoms with Crippen LogP contribution in [0.25, 0.3) is 0 Å². The molecule has 92 valence electrons. The number of carboxylic acids is 1. The maximum Gasteiger partial charge on any atom is 0.332 e. The SMILES string of the molecule is CC(CN)C(=O)NCC1CCC(C(=O)O)O1. The molecule has 1 aliphatic rings. The molecule has 0 aromatic heterocycles. The van der Waals surface area contributed by atoms with E-state index < -0.39 is 12.1 Å². The number of amides is 1. The summed E-state index contributed by atoms with van der Waals surface area (Å²) in [6.45, 7) is 2.40. The van der Waals surface area contributed by atoms with Gasteiger partial charge < -0.3 is 20.9 Å². The highest BCUT2D eigenvalue weighted by atomic mass is 16.5. The Hall–Kier alpha value is -1.14. The number of hydrogen-bond acceptors (Lipinski definition) is 4. The third-order valence-electron chi connectivity index (χ3n) is 2.69. The fourth-order valence-corrected chi connectivity index (χ4v) is 1.53. The Balaban J connectivity index is 2.25. The molecule has 1 saturated heterocycles. The molecule has 6 heteroatoms. The van der Waals surface area contributed by atoms with Crippen molar-refractivity contribution in [1.82, 2.24) is 5.32 Å². The van der Waals surface area contributed by atoms with Gasteiger partial charge >= 0.3 is 5.97 Å². The van der Waals surface area contributed by atoms with Crippen LogP contribution in [0.3, 0.4) is 0 Å². The zero-order valence-electron chi connectivity index (χ0n) is 9.31. The summed E-state index contributed by atoms with van der Waals surface area (Å²) in [7, 11) is 0. The summed E-state index contributed by atoms with van der Waals surface area (Å²) in [5.41, 5.74) is 5.35. The van der Waals surface area contributed by atoms with Gasteiger partial charge in [-0.15, -0.1) is 0 Å². The van der Waals surface area contributed by atoms with Crippen molar-refractivity contribution in [2.45, 2.75) is 32.0 Å². The number of nitrogens with two attached hydrogens (primary N) is 1. The zero-order valence-corrected chi connectivity index (χ0v) is 9.31. The predicted molar refractivity (Wildman–Crippen MR) is 56.8 cm³/mol. The van der Waals surface area contributed by atoms with Crippen molar-refractivity contribution in [2.24, 2.45) is 11.7 Å². The summed E-state index contributed by atoms with van der Waals surface area (Å²) in [6, 6.07) is 0. The topological polar surface area (TPSA) is 102 Å². The standard InChI is InChI=1S/C10H18N2O4/c1-6(4-11)9(13)12-5-7-2-3-8(16-7)10(14)15/h6-8H,2-5,11H2,1H3,(H,12,13)(H,14,15). The number of carbonyl (C=O) groups is 2. The number of aliphatic carboxylic acids is 1. The smallest absolute Gasteiger partial charge is 0.332 e. The van der Waals surface area contributed by atoms with Crippen LogP contribution in [0.4, 0.5) is 0 Å². The van der Waals surface area contributed by atoms with Crippen molar-refractivity contribution < 1.29 is 19.4 Å². The third-order valence-corrected chi connectivity index (χ3v) is 2.69. The lowest BCUT2D eigenvalue weighted by Gasteiger charge is -2.14. The molecule has 0 aromatic carbocycles. The van der Waals surface area contributed by atoms with Crippen LogP contribution in [0.15, 0.2) is 0 Å². The minimum Gasteiger partial charge on any atom is -0.479 e. The number of hydrogen-bond donors (Lipinski definition) is 3. The summed E-state index contributed by atoms with van der Waals surface area (Å²) < 4.78 is 5.24. The monoisotopic (exact) mass is 230 g/mol. The molecule has 6 nitrogen and oxygen atoms in total. The molecule has 3 atom stereocenters. The molecule has 16 heavy (non-hydrogen) atoms. The van der Waals surface area contributed by atoms with Crippen molar-refractivity contribution in [3.63, 3.8) is 0 Å². The van der Waals surface area contributed by atoms with Gasteiger partial charge in [0.15, 0.2) is 6.10 Å². The van der Waals surface area contributed by atoms with Crippen molar-refractivity contribution in [1.29, 1.82) is 0 Å². The highest BCUT2D eigenvalue weighted by Crippen LogP contribution is 2.19. The Kier molecular flexibility index (Phi) is 4.70. The number of carboxylic acid groups (broad SMARTS) is 1. The first-order chi connectivity index (χ1) is 7.54. The van der Waals surface area contributed by atoms with E-state index in [0.29, 0.717) is 25.9 Å². The molecule has 3 unspecified atom stereocenters. The van der Waals surface area contributed by atoms with Crippen molar-refractivity contribution in [3.8, 4) is 0 Å². The molecule has 1 amide bonds. The van der Waals surface area contributed by atoms with Crippen LogP contribution in [-0.4, -0.2) is 42.3 Å². The molecule has 1 heterocycles. The van der Waals surface area contributed by atoms with E-state index in [9.17, 15) is 9.59 Å². The second-order valence-corrected chi connectivity index (χ2v) is 4.04. The lowest BCUT2D eigenvalue weighted by molar-refractivity contribution is -0.149. The van der Waals surface area contributed by atoms with Gasteiger partial charge in [0.25, 0.3) is 0 Å². The first kappa shape index (κ1) is 12.9. The number of carbonyl (C=O) groups excluding carboxylic acids is 1. The molecule has 1 aliphatic heterocycles. The van der Waals surface area contributed by atoms with Gasteiger partial charge in [0.05, 0.1) is 6.10 Å². The van der Waals surface area contributed by atoms with Crippen LogP contribution >= 0.6 is 0 Å². The summed E-state index contributed by atoms with van der Waals surface area (Å²) in [6.07, 6.45) is 0.236. The van der Waals surface area contributed by atoms with E-state index in [2.05, 4.69) is 5.32 Å². The lowest BCUT2D eigenvalue weighted by atomic mass is 10.1. The average molecular weight is 230 g/mol. The molecule has 1 rings (SSSR count). The minimum atomic E-state index is -0.941. The minimum absolute atomic E-state index is 0.120. The Morgan fingerprint density at radius 3 is 2.75 bits per heavy atom. The van der Waals surface area contributed by atoms with Crippen LogP contribution < -0.4 is 11.1 Å². The van der Waals surface area contributed by atoms with Gasteiger partial charge in [-0.05, 0) is 12.8 Å². The molecule has 0 saturated carbocycles. The van der Waals surface area contributed by atoms with Gasteiger partial charge in [0, 0.05) is 19.0 Å². The summed E-state index contributed by atoms with van der Waals surface area (Å²) in [5.74, 6) is -1.29. The van der Waals surface area contributed by atoms with Crippen LogP contribution in [0.5, 0.6) is 0 Å². The number of ether oxygens (including phenoxy) is 1. The maximum atomic E-state index is 11.4. The molecule has 0 spiro atoms. The second-order valence-electron chi connectivity index (χ2n) is 4.04. The Labute approximate surface area is 94.1 Å². The Morgan fingerprint density at radius 2 is 2.25 bits per heavy atom. The molecular weight excluding hydrogens is 212 g/mol. The van der Waals surface area contributed by atoms with Gasteiger partial charge in [-0.1, -0.05) is 6.92 Å². The molecule has 0 aliphatic carbocycles. The van der Waals surface area contributed by atoms with Crippen LogP contribution in [0.2, 0.25) is 0 Å². The Morgan fingerprint density at radius 1 is 1.56 bits per heavy atom. The second kappa shape index (κ2) is 5.81. The maximum absolute atomic E-state index is 11.4. The normalized spacial score (nSPS) is 26.4. The van der Waals surface area contributed by atoms with Crippen LogP contribution in [0.1, 0.15) is 19.8 Å². The number of rotatable bonds is 5. The van der Waals surface area contributed by atoms with Gasteiger partial charge in [-0.2, -0.15) is 0 Å². The predicted octanol–water partition coefficient (Wildman–Crippen LogP) is -0.670. The molecule has 0 bridgehead atoms. The highest BCUT2D eigenvalue weighted by Gasteiger charge is 2.30. The third kappa shape index (κ3) is 3.46. The zero-order chi connectivity index (χ0) is 12.1. The van der Waals surface area contributed by atoms with Gasteiger partial charge in [0.1, 0.15) is 0 Å². The van der Waals surface area contributed by atoms with E-state index in [-0.39, 0.29) is 17.9 Å². The largest absolute Gasteiger partial charge is 0.479 e. The van der Waals surface area contributed by atoms with Gasteiger partial charge in [0.2, 0.25) is 5.91 Å². The van der Waals surface area contributed by atoms with Crippen molar-refractivity contribution >= 4 is 11.9 Å². The lowest BCUT2D eigenvalue weighted by Crippen LogP contribution is -2.38. The van der Waals surface area contributed by atoms with E-state index in [4.69, 9.17) is 15.6 Å². The molecular formula is C10H18N2O4. The first-order valence-electron chi connectivity index (χ1n) is 5.40. The number of nitrogens with one attached hydrogen (secondary N) is 1. The molecule has 0 aromatic rings. The van der Waals surface area contributed by atoms with E-state index >= 15 is 0 Å². The molecule has 4 N–H and O–H groups in total. The first-order valence-corrected chi connectivity index (χ1v) is 5.40. The molecule has 1 fully saturated rings. The van der Waals surface area contributed by atoms with E-state index in [0.717, 1.165) is 0 Å². The van der Waals surface area contributed by atoms with Crippen molar-refractivity contribution in [3.05, 3.63) is 0 Å². The quantitative estimate of drug-likeness (QED) is 0.581. The molecule has 0 radical (unpaired) electrons. The summed E-state index contributed by atoms with van der Waals surface area (Å²) >= 11 is 0. The average Bonchev–Trinajstić information content (AvgIpc) is 2.73. The fourth-order valence-electron chi connectivity index (χ4n) is 1.53. The fraction of sp³-hybridized carbons (Fsp3) is 0.800.